The number of carbonyl (C=O) groups is 1. The van der Waals surface area contributed by atoms with Crippen LogP contribution in [0.4, 0.5) is 16.2 Å². The normalized spacial score (nSPS) is 15.4. The van der Waals surface area contributed by atoms with Gasteiger partial charge >= 0.3 is 6.09 Å². The molecule has 1 fully saturated rings. The Bertz CT molecular complexity index is 607. The topological polar surface area (TPSA) is 75.9 Å². The molecular weight excluding hydrogens is 297 g/mol. The van der Waals surface area contributed by atoms with Gasteiger partial charge < -0.3 is 14.5 Å². The van der Waals surface area contributed by atoms with Crippen LogP contribution in [0.15, 0.2) is 18.2 Å². The standard InChI is InChI=1S/C15H20BN3O4/c1-15(2,3)23-14(20)18-8-6-17(7-9-18)13-5-4-11(19(21)22)10-12(13)16/h4-5,10H,6-9H2,1-3H3. The molecule has 8 heteroatoms. The molecule has 0 N–H and O–H groups in total. The molecule has 0 bridgehead atoms. The molecule has 0 saturated carbocycles. The highest BCUT2D eigenvalue weighted by molar-refractivity contribution is 6.36. The van der Waals surface area contributed by atoms with Crippen molar-refractivity contribution in [2.24, 2.45) is 0 Å². The minimum Gasteiger partial charge on any atom is -0.444 e. The van der Waals surface area contributed by atoms with E-state index in [0.29, 0.717) is 31.6 Å². The highest BCUT2D eigenvalue weighted by Crippen LogP contribution is 2.19. The van der Waals surface area contributed by atoms with Gasteiger partial charge in [-0.3, -0.25) is 10.1 Å². The first-order chi connectivity index (χ1) is 10.7. The summed E-state index contributed by atoms with van der Waals surface area (Å²) < 4.78 is 5.35. The Balaban J connectivity index is 1.99. The largest absolute Gasteiger partial charge is 0.444 e. The lowest BCUT2D eigenvalue weighted by atomic mass is 9.92. The fraction of sp³-hybridized carbons (Fsp3) is 0.533. The maximum atomic E-state index is 12.0. The van der Waals surface area contributed by atoms with E-state index in [1.807, 2.05) is 25.7 Å². The van der Waals surface area contributed by atoms with Crippen molar-refractivity contribution in [1.82, 2.24) is 4.90 Å². The number of piperazine rings is 1. The van der Waals surface area contributed by atoms with E-state index in [4.69, 9.17) is 12.6 Å². The molecule has 7 nitrogen and oxygen atoms in total. The van der Waals surface area contributed by atoms with Gasteiger partial charge in [-0.1, -0.05) is 5.46 Å². The predicted molar refractivity (Wildman–Crippen MR) is 88.5 cm³/mol. The van der Waals surface area contributed by atoms with Crippen molar-refractivity contribution in [2.75, 3.05) is 31.1 Å². The van der Waals surface area contributed by atoms with Crippen LogP contribution in [0, 0.1) is 10.1 Å². The molecule has 1 heterocycles. The zero-order valence-electron chi connectivity index (χ0n) is 13.6. The van der Waals surface area contributed by atoms with Gasteiger partial charge in [0.05, 0.1) is 4.92 Å². The second kappa shape index (κ2) is 6.48. The lowest BCUT2D eigenvalue weighted by molar-refractivity contribution is -0.384. The van der Waals surface area contributed by atoms with Crippen molar-refractivity contribution in [2.45, 2.75) is 26.4 Å². The lowest BCUT2D eigenvalue weighted by Gasteiger charge is -2.37. The van der Waals surface area contributed by atoms with Crippen molar-refractivity contribution in [3.05, 3.63) is 28.3 Å². The van der Waals surface area contributed by atoms with E-state index in [1.54, 1.807) is 11.0 Å². The SMILES string of the molecule is [B]c1cc([N+](=O)[O-])ccc1N1CCN(C(=O)OC(C)(C)C)CC1. The highest BCUT2D eigenvalue weighted by Gasteiger charge is 2.26. The van der Waals surface area contributed by atoms with E-state index in [-0.39, 0.29) is 11.8 Å². The first-order valence-electron chi connectivity index (χ1n) is 7.44. The number of nitro benzene ring substituents is 1. The maximum Gasteiger partial charge on any atom is 0.410 e. The summed E-state index contributed by atoms with van der Waals surface area (Å²) in [5.74, 6) is 0. The number of non-ortho nitro benzene ring substituents is 1. The Kier molecular flexibility index (Phi) is 4.82. The monoisotopic (exact) mass is 317 g/mol. The number of ether oxygens (including phenoxy) is 1. The van der Waals surface area contributed by atoms with Crippen LogP contribution in [0.1, 0.15) is 20.8 Å². The zero-order chi connectivity index (χ0) is 17.2. The second-order valence-corrected chi connectivity index (χ2v) is 6.45. The molecule has 2 rings (SSSR count). The molecule has 0 aromatic heterocycles. The van der Waals surface area contributed by atoms with E-state index in [0.717, 1.165) is 5.69 Å². The molecule has 0 atom stereocenters. The second-order valence-electron chi connectivity index (χ2n) is 6.45. The van der Waals surface area contributed by atoms with Gasteiger partial charge in [-0.2, -0.15) is 0 Å². The molecular formula is C15H20BN3O4. The third-order valence-electron chi connectivity index (χ3n) is 3.49. The van der Waals surface area contributed by atoms with Crippen LogP contribution in [0.2, 0.25) is 0 Å². The first-order valence-corrected chi connectivity index (χ1v) is 7.44. The molecule has 2 radical (unpaired) electrons. The Morgan fingerprint density at radius 2 is 1.87 bits per heavy atom. The van der Waals surface area contributed by atoms with E-state index >= 15 is 0 Å². The molecule has 0 aliphatic carbocycles. The van der Waals surface area contributed by atoms with Crippen molar-refractivity contribution in [3.8, 4) is 0 Å². The van der Waals surface area contributed by atoms with E-state index < -0.39 is 10.5 Å². The third-order valence-corrected chi connectivity index (χ3v) is 3.49. The quantitative estimate of drug-likeness (QED) is 0.469. The Labute approximate surface area is 136 Å². The minimum absolute atomic E-state index is 0.0290. The average molecular weight is 317 g/mol. The third kappa shape index (κ3) is 4.37. The fourth-order valence-corrected chi connectivity index (χ4v) is 2.40. The highest BCUT2D eigenvalue weighted by atomic mass is 16.6. The number of carbonyl (C=O) groups excluding carboxylic acids is 1. The number of anilines is 1. The lowest BCUT2D eigenvalue weighted by Crippen LogP contribution is -2.50. The Hall–Kier alpha value is -2.25. The summed E-state index contributed by atoms with van der Waals surface area (Å²) in [6.07, 6.45) is -0.325. The van der Waals surface area contributed by atoms with Crippen LogP contribution in [0.25, 0.3) is 0 Å². The van der Waals surface area contributed by atoms with Crippen molar-refractivity contribution in [3.63, 3.8) is 0 Å². The number of nitrogens with zero attached hydrogens (tertiary/aromatic N) is 3. The molecule has 0 spiro atoms. The average Bonchev–Trinajstić information content (AvgIpc) is 2.45. The van der Waals surface area contributed by atoms with Crippen LogP contribution in [0.5, 0.6) is 0 Å². The van der Waals surface area contributed by atoms with E-state index in [2.05, 4.69) is 0 Å². The first kappa shape index (κ1) is 17.1. The summed E-state index contributed by atoms with van der Waals surface area (Å²) in [5.41, 5.74) is 0.569. The minimum atomic E-state index is -0.517. The summed E-state index contributed by atoms with van der Waals surface area (Å²) in [7, 11) is 5.92. The van der Waals surface area contributed by atoms with Gasteiger partial charge in [0.25, 0.3) is 5.69 Å². The molecule has 1 aromatic rings. The number of hydrogen-bond donors (Lipinski definition) is 0. The van der Waals surface area contributed by atoms with Crippen LogP contribution in [0.3, 0.4) is 0 Å². The Morgan fingerprint density at radius 1 is 1.26 bits per heavy atom. The molecule has 122 valence electrons. The van der Waals surface area contributed by atoms with Gasteiger partial charge in [0.2, 0.25) is 0 Å². The maximum absolute atomic E-state index is 12.0. The van der Waals surface area contributed by atoms with Crippen molar-refractivity contribution in [1.29, 1.82) is 0 Å². The molecule has 1 amide bonds. The smallest absolute Gasteiger partial charge is 0.410 e. The molecule has 1 aliphatic heterocycles. The summed E-state index contributed by atoms with van der Waals surface area (Å²) >= 11 is 0. The van der Waals surface area contributed by atoms with Gasteiger partial charge in [-0.25, -0.2) is 4.79 Å². The van der Waals surface area contributed by atoms with Crippen LogP contribution >= 0.6 is 0 Å². The number of hydrogen-bond acceptors (Lipinski definition) is 5. The van der Waals surface area contributed by atoms with Gasteiger partial charge in [-0.15, -0.1) is 0 Å². The number of rotatable bonds is 2. The zero-order valence-corrected chi connectivity index (χ0v) is 13.6. The van der Waals surface area contributed by atoms with E-state index in [9.17, 15) is 14.9 Å². The summed E-state index contributed by atoms with van der Waals surface area (Å²) in [5, 5.41) is 10.8. The van der Waals surface area contributed by atoms with Crippen LogP contribution < -0.4 is 10.4 Å². The molecule has 0 unspecified atom stereocenters. The predicted octanol–water partition coefficient (Wildman–Crippen LogP) is 1.45. The summed E-state index contributed by atoms with van der Waals surface area (Å²) in [6.45, 7) is 7.73. The van der Waals surface area contributed by atoms with Crippen molar-refractivity contribution >= 4 is 30.8 Å². The summed E-state index contributed by atoms with van der Waals surface area (Å²) in [4.78, 5) is 26.0. The molecule has 1 aliphatic rings. The van der Waals surface area contributed by atoms with Gasteiger partial charge in [0, 0.05) is 44.0 Å². The number of amides is 1. The number of nitro groups is 1. The summed E-state index contributed by atoms with van der Waals surface area (Å²) in [6, 6.07) is 4.44. The van der Waals surface area contributed by atoms with Gasteiger partial charge in [-0.05, 0) is 26.8 Å². The Morgan fingerprint density at radius 3 is 2.35 bits per heavy atom. The molecule has 1 saturated heterocycles. The van der Waals surface area contributed by atoms with Crippen LogP contribution in [-0.4, -0.2) is 55.5 Å². The van der Waals surface area contributed by atoms with Gasteiger partial charge in [0.15, 0.2) is 0 Å². The molecule has 23 heavy (non-hydrogen) atoms. The number of benzene rings is 1. The fourth-order valence-electron chi connectivity index (χ4n) is 2.40. The van der Waals surface area contributed by atoms with E-state index in [1.165, 1.54) is 12.1 Å². The van der Waals surface area contributed by atoms with Crippen molar-refractivity contribution < 1.29 is 14.5 Å². The van der Waals surface area contributed by atoms with Crippen LogP contribution in [-0.2, 0) is 4.74 Å². The molecule has 1 aromatic carbocycles. The van der Waals surface area contributed by atoms with Gasteiger partial charge in [0.1, 0.15) is 13.4 Å².